The van der Waals surface area contributed by atoms with E-state index in [9.17, 15) is 4.79 Å². The molecule has 0 saturated carbocycles. The molecule has 3 rings (SSSR count). The van der Waals surface area contributed by atoms with Gasteiger partial charge in [0.15, 0.2) is 0 Å². The Kier molecular flexibility index (Phi) is 5.48. The molecule has 0 bridgehead atoms. The number of carbonyl (C=O) groups is 1. The number of rotatable bonds is 6. The van der Waals surface area contributed by atoms with Crippen LogP contribution in [0.15, 0.2) is 42.7 Å². The lowest BCUT2D eigenvalue weighted by Gasteiger charge is -2.16. The zero-order valence-corrected chi connectivity index (χ0v) is 14.1. The summed E-state index contributed by atoms with van der Waals surface area (Å²) in [5.74, 6) is 0.528. The summed E-state index contributed by atoms with van der Waals surface area (Å²) in [7, 11) is 1.83. The predicted molar refractivity (Wildman–Crippen MR) is 94.9 cm³/mol. The lowest BCUT2D eigenvalue weighted by Crippen LogP contribution is -2.34. The molecule has 24 heavy (non-hydrogen) atoms. The van der Waals surface area contributed by atoms with Crippen molar-refractivity contribution in [1.82, 2.24) is 20.0 Å². The topological polar surface area (TPSA) is 62.2 Å². The lowest BCUT2D eigenvalue weighted by atomic mass is 10.1. The number of urea groups is 1. The van der Waals surface area contributed by atoms with Crippen molar-refractivity contribution < 1.29 is 4.79 Å². The third-order valence-electron chi connectivity index (χ3n) is 4.44. The number of benzene rings is 1. The van der Waals surface area contributed by atoms with E-state index in [-0.39, 0.29) is 6.03 Å². The number of nitrogens with one attached hydrogen (secondary N) is 2. The molecule has 1 aliphatic rings. The first-order valence-corrected chi connectivity index (χ1v) is 8.49. The molecule has 1 aromatic carbocycles. The highest BCUT2D eigenvalue weighted by atomic mass is 16.2. The van der Waals surface area contributed by atoms with Crippen LogP contribution in [0.3, 0.4) is 0 Å². The second kappa shape index (κ2) is 7.97. The molecule has 6 nitrogen and oxygen atoms in total. The van der Waals surface area contributed by atoms with Crippen LogP contribution in [0.1, 0.15) is 12.0 Å². The van der Waals surface area contributed by atoms with E-state index in [1.165, 1.54) is 5.56 Å². The molecule has 1 atom stereocenters. The van der Waals surface area contributed by atoms with Crippen molar-refractivity contribution in [1.29, 1.82) is 0 Å². The van der Waals surface area contributed by atoms with Gasteiger partial charge in [0.1, 0.15) is 0 Å². The smallest absolute Gasteiger partial charge is 0.319 e. The number of hydrogen-bond acceptors (Lipinski definition) is 3. The highest BCUT2D eigenvalue weighted by Gasteiger charge is 2.22. The number of aryl methyl sites for hydroxylation is 1. The van der Waals surface area contributed by atoms with Crippen LogP contribution in [-0.2, 0) is 13.5 Å². The zero-order valence-electron chi connectivity index (χ0n) is 14.1. The molecule has 6 heteroatoms. The van der Waals surface area contributed by atoms with Gasteiger partial charge in [-0.25, -0.2) is 4.79 Å². The molecule has 2 aromatic rings. The maximum absolute atomic E-state index is 11.9. The summed E-state index contributed by atoms with van der Waals surface area (Å²) in [6.07, 6.45) is 5.64. The first kappa shape index (κ1) is 16.5. The third kappa shape index (κ3) is 4.83. The Hall–Kier alpha value is -2.34. The summed E-state index contributed by atoms with van der Waals surface area (Å²) in [5, 5.41) is 9.79. The minimum atomic E-state index is -0.161. The van der Waals surface area contributed by atoms with E-state index in [2.05, 4.69) is 51.0 Å². The number of amides is 2. The molecule has 2 N–H and O–H groups in total. The van der Waals surface area contributed by atoms with Crippen molar-refractivity contribution >= 4 is 11.7 Å². The monoisotopic (exact) mass is 327 g/mol. The SMILES string of the molecule is Cn1cc(NC(=O)NCC2CCN(CCc3ccccc3)C2)cn1. The third-order valence-corrected chi connectivity index (χ3v) is 4.44. The van der Waals surface area contributed by atoms with Crippen LogP contribution in [0.4, 0.5) is 10.5 Å². The maximum atomic E-state index is 11.9. The zero-order chi connectivity index (χ0) is 16.8. The van der Waals surface area contributed by atoms with Crippen LogP contribution in [0, 0.1) is 5.92 Å². The molecule has 1 aliphatic heterocycles. The number of nitrogens with zero attached hydrogens (tertiary/aromatic N) is 3. The summed E-state index contributed by atoms with van der Waals surface area (Å²) in [5.41, 5.74) is 2.10. The maximum Gasteiger partial charge on any atom is 0.319 e. The number of anilines is 1. The Morgan fingerprint density at radius 3 is 2.92 bits per heavy atom. The van der Waals surface area contributed by atoms with E-state index in [1.54, 1.807) is 17.1 Å². The van der Waals surface area contributed by atoms with Crippen molar-refractivity contribution in [3.05, 3.63) is 48.3 Å². The Balaban J connectivity index is 1.34. The van der Waals surface area contributed by atoms with E-state index in [1.807, 2.05) is 7.05 Å². The molecule has 0 radical (unpaired) electrons. The summed E-state index contributed by atoms with van der Waals surface area (Å²) >= 11 is 0. The number of hydrogen-bond donors (Lipinski definition) is 2. The van der Waals surface area contributed by atoms with Gasteiger partial charge in [0.05, 0.1) is 11.9 Å². The van der Waals surface area contributed by atoms with Gasteiger partial charge < -0.3 is 15.5 Å². The Labute approximate surface area is 142 Å². The van der Waals surface area contributed by atoms with Gasteiger partial charge in [0.2, 0.25) is 0 Å². The first-order chi connectivity index (χ1) is 11.7. The van der Waals surface area contributed by atoms with E-state index in [0.717, 1.165) is 32.5 Å². The highest BCUT2D eigenvalue weighted by molar-refractivity contribution is 5.88. The molecular weight excluding hydrogens is 302 g/mol. The van der Waals surface area contributed by atoms with Crippen LogP contribution < -0.4 is 10.6 Å². The highest BCUT2D eigenvalue weighted by Crippen LogP contribution is 2.16. The number of aromatic nitrogens is 2. The minimum Gasteiger partial charge on any atom is -0.338 e. The minimum absolute atomic E-state index is 0.161. The normalized spacial score (nSPS) is 17.8. The van der Waals surface area contributed by atoms with E-state index in [0.29, 0.717) is 18.2 Å². The summed E-state index contributed by atoms with van der Waals surface area (Å²) in [6.45, 7) is 3.97. The molecule has 0 spiro atoms. The average Bonchev–Trinajstić information content (AvgIpc) is 3.21. The fourth-order valence-corrected chi connectivity index (χ4v) is 3.11. The van der Waals surface area contributed by atoms with E-state index >= 15 is 0 Å². The van der Waals surface area contributed by atoms with Crippen molar-refractivity contribution in [3.63, 3.8) is 0 Å². The standard InChI is InChI=1S/C18H25N5O/c1-22-14-17(12-20-22)21-18(24)19-11-16-8-10-23(13-16)9-7-15-5-3-2-4-6-15/h2-6,12,14,16H,7-11,13H2,1H3,(H2,19,21,24). The van der Waals surface area contributed by atoms with Crippen molar-refractivity contribution in [2.45, 2.75) is 12.8 Å². The van der Waals surface area contributed by atoms with Gasteiger partial charge in [-0.05, 0) is 30.9 Å². The summed E-state index contributed by atoms with van der Waals surface area (Å²) < 4.78 is 1.66. The summed E-state index contributed by atoms with van der Waals surface area (Å²) in [6, 6.07) is 10.4. The van der Waals surface area contributed by atoms with Gasteiger partial charge >= 0.3 is 6.03 Å². The Bertz CT molecular complexity index is 654. The van der Waals surface area contributed by atoms with Crippen molar-refractivity contribution in [3.8, 4) is 0 Å². The van der Waals surface area contributed by atoms with Crippen LogP contribution >= 0.6 is 0 Å². The van der Waals surface area contributed by atoms with E-state index in [4.69, 9.17) is 0 Å². The fraction of sp³-hybridized carbons (Fsp3) is 0.444. The number of carbonyl (C=O) groups excluding carboxylic acids is 1. The van der Waals surface area contributed by atoms with Crippen LogP contribution in [0.25, 0.3) is 0 Å². The van der Waals surface area contributed by atoms with E-state index < -0.39 is 0 Å². The van der Waals surface area contributed by atoms with Crippen LogP contribution in [0.5, 0.6) is 0 Å². The van der Waals surface area contributed by atoms with Crippen LogP contribution in [-0.4, -0.2) is 46.9 Å². The summed E-state index contributed by atoms with van der Waals surface area (Å²) in [4.78, 5) is 14.4. The van der Waals surface area contributed by atoms with Gasteiger partial charge in [0.25, 0.3) is 0 Å². The molecule has 0 aliphatic carbocycles. The van der Waals surface area contributed by atoms with Gasteiger partial charge in [-0.2, -0.15) is 5.10 Å². The Morgan fingerprint density at radius 2 is 2.17 bits per heavy atom. The van der Waals surface area contributed by atoms with Gasteiger partial charge in [-0.15, -0.1) is 0 Å². The van der Waals surface area contributed by atoms with Crippen molar-refractivity contribution in [2.75, 3.05) is 31.5 Å². The fourth-order valence-electron chi connectivity index (χ4n) is 3.11. The quantitative estimate of drug-likeness (QED) is 0.854. The predicted octanol–water partition coefficient (Wildman–Crippen LogP) is 2.11. The molecule has 2 amide bonds. The number of likely N-dealkylation sites (tertiary alicyclic amines) is 1. The molecule has 1 aromatic heterocycles. The second-order valence-electron chi connectivity index (χ2n) is 6.43. The second-order valence-corrected chi connectivity index (χ2v) is 6.43. The lowest BCUT2D eigenvalue weighted by molar-refractivity contribution is 0.249. The average molecular weight is 327 g/mol. The van der Waals surface area contributed by atoms with Gasteiger partial charge in [0, 0.05) is 32.9 Å². The molecule has 1 unspecified atom stereocenters. The van der Waals surface area contributed by atoms with Gasteiger partial charge in [-0.1, -0.05) is 30.3 Å². The molecular formula is C18H25N5O. The molecule has 128 valence electrons. The van der Waals surface area contributed by atoms with Gasteiger partial charge in [-0.3, -0.25) is 4.68 Å². The largest absolute Gasteiger partial charge is 0.338 e. The van der Waals surface area contributed by atoms with Crippen LogP contribution in [0.2, 0.25) is 0 Å². The molecule has 2 heterocycles. The molecule has 1 fully saturated rings. The van der Waals surface area contributed by atoms with Crippen molar-refractivity contribution in [2.24, 2.45) is 13.0 Å². The molecule has 1 saturated heterocycles. The first-order valence-electron chi connectivity index (χ1n) is 8.49. The Morgan fingerprint density at radius 1 is 1.33 bits per heavy atom.